The van der Waals surface area contributed by atoms with Gasteiger partial charge in [-0.3, -0.25) is 9.59 Å². The van der Waals surface area contributed by atoms with Crippen LogP contribution in [0.4, 0.5) is 0 Å². The highest BCUT2D eigenvalue weighted by atomic mass is 16.2. The lowest BCUT2D eigenvalue weighted by Crippen LogP contribution is -2.66. The van der Waals surface area contributed by atoms with Crippen LogP contribution in [-0.2, 0) is 9.59 Å². The predicted molar refractivity (Wildman–Crippen MR) is 76.6 cm³/mol. The van der Waals surface area contributed by atoms with Crippen molar-refractivity contribution in [2.75, 3.05) is 0 Å². The van der Waals surface area contributed by atoms with Crippen molar-refractivity contribution < 1.29 is 9.59 Å². The quantitative estimate of drug-likeness (QED) is 0.748. The smallest absolute Gasteiger partial charge is 0.246 e. The average Bonchev–Trinajstić information content (AvgIpc) is 2.39. The van der Waals surface area contributed by atoms with E-state index >= 15 is 0 Å². The fourth-order valence-corrected chi connectivity index (χ4v) is 2.63. The van der Waals surface area contributed by atoms with E-state index in [9.17, 15) is 9.59 Å². The first-order valence-electron chi connectivity index (χ1n) is 7.21. The minimum Gasteiger partial charge on any atom is -0.342 e. The van der Waals surface area contributed by atoms with Gasteiger partial charge in [-0.1, -0.05) is 33.3 Å². The molecule has 1 N–H and O–H groups in total. The number of carbonyl (C=O) groups is 2. The second-order valence-corrected chi connectivity index (χ2v) is 5.41. The third-order valence-corrected chi connectivity index (χ3v) is 4.04. The summed E-state index contributed by atoms with van der Waals surface area (Å²) in [4.78, 5) is 26.6. The van der Waals surface area contributed by atoms with Gasteiger partial charge in [-0.25, -0.2) is 0 Å². The molecule has 2 amide bonds. The van der Waals surface area contributed by atoms with Gasteiger partial charge in [0.25, 0.3) is 0 Å². The molecule has 0 aliphatic carbocycles. The summed E-state index contributed by atoms with van der Waals surface area (Å²) in [6, 6.07) is -0.706. The number of rotatable bonds is 6. The Morgan fingerprint density at radius 2 is 2.00 bits per heavy atom. The summed E-state index contributed by atoms with van der Waals surface area (Å²) in [5.41, 5.74) is 0. The summed E-state index contributed by atoms with van der Waals surface area (Å²) in [6.07, 6.45) is 4.03. The molecule has 1 aliphatic heterocycles. The van der Waals surface area contributed by atoms with E-state index in [0.29, 0.717) is 12.8 Å². The maximum atomic E-state index is 12.6. The minimum atomic E-state index is -0.382. The number of hydrogen-bond acceptors (Lipinski definition) is 2. The molecule has 0 bridgehead atoms. The first-order chi connectivity index (χ1) is 8.97. The van der Waals surface area contributed by atoms with E-state index in [1.807, 2.05) is 27.7 Å². The summed E-state index contributed by atoms with van der Waals surface area (Å²) in [7, 11) is 0. The van der Waals surface area contributed by atoms with Gasteiger partial charge in [0, 0.05) is 6.04 Å². The normalized spacial score (nSPS) is 26.8. The van der Waals surface area contributed by atoms with Gasteiger partial charge in [-0.2, -0.15) is 0 Å². The lowest BCUT2D eigenvalue weighted by molar-refractivity contribution is -0.153. The molecular weight excluding hydrogens is 240 g/mol. The molecule has 108 valence electrons. The fourth-order valence-electron chi connectivity index (χ4n) is 2.63. The molecule has 0 aromatic heterocycles. The topological polar surface area (TPSA) is 49.4 Å². The lowest BCUT2D eigenvalue weighted by atomic mass is 9.92. The van der Waals surface area contributed by atoms with Gasteiger partial charge in [0.15, 0.2) is 0 Å². The summed E-state index contributed by atoms with van der Waals surface area (Å²) in [5, 5.41) is 2.89. The molecule has 1 heterocycles. The molecule has 4 nitrogen and oxygen atoms in total. The van der Waals surface area contributed by atoms with Crippen molar-refractivity contribution in [2.24, 2.45) is 5.92 Å². The molecule has 19 heavy (non-hydrogen) atoms. The fraction of sp³-hybridized carbons (Fsp3) is 0.733. The third-order valence-electron chi connectivity index (χ3n) is 4.04. The number of nitrogens with one attached hydrogen (secondary N) is 1. The summed E-state index contributed by atoms with van der Waals surface area (Å²) in [5.74, 6) is 0.186. The molecule has 1 saturated heterocycles. The van der Waals surface area contributed by atoms with Crippen molar-refractivity contribution >= 4 is 11.8 Å². The van der Waals surface area contributed by atoms with E-state index in [4.69, 9.17) is 0 Å². The molecule has 0 spiro atoms. The van der Waals surface area contributed by atoms with E-state index in [0.717, 1.165) is 6.42 Å². The molecule has 1 rings (SSSR count). The first kappa shape index (κ1) is 15.7. The van der Waals surface area contributed by atoms with Crippen LogP contribution in [0.1, 0.15) is 47.0 Å². The molecule has 0 aromatic carbocycles. The van der Waals surface area contributed by atoms with E-state index in [2.05, 4.69) is 11.9 Å². The molecule has 0 saturated carbocycles. The minimum absolute atomic E-state index is 0.0209. The van der Waals surface area contributed by atoms with Crippen LogP contribution < -0.4 is 5.32 Å². The Morgan fingerprint density at radius 3 is 2.47 bits per heavy atom. The van der Waals surface area contributed by atoms with Crippen LogP contribution in [0.5, 0.6) is 0 Å². The predicted octanol–water partition coefficient (Wildman–Crippen LogP) is 2.10. The van der Waals surface area contributed by atoms with E-state index in [-0.39, 0.29) is 35.9 Å². The van der Waals surface area contributed by atoms with Gasteiger partial charge in [0.2, 0.25) is 11.8 Å². The average molecular weight is 266 g/mol. The van der Waals surface area contributed by atoms with Crippen LogP contribution in [0.15, 0.2) is 12.7 Å². The third kappa shape index (κ3) is 3.17. The number of carbonyl (C=O) groups excluding carboxylic acids is 2. The van der Waals surface area contributed by atoms with Crippen molar-refractivity contribution in [3.05, 3.63) is 12.7 Å². The molecule has 4 atom stereocenters. The molecule has 4 heteroatoms. The maximum Gasteiger partial charge on any atom is 0.246 e. The van der Waals surface area contributed by atoms with Gasteiger partial charge >= 0.3 is 0 Å². The van der Waals surface area contributed by atoms with Gasteiger partial charge in [-0.15, -0.1) is 6.58 Å². The number of nitrogens with zero attached hydrogens (tertiary/aromatic N) is 1. The van der Waals surface area contributed by atoms with Crippen LogP contribution in [-0.4, -0.2) is 34.8 Å². The zero-order chi connectivity index (χ0) is 14.6. The van der Waals surface area contributed by atoms with Gasteiger partial charge in [0.05, 0.1) is 0 Å². The lowest BCUT2D eigenvalue weighted by Gasteiger charge is -2.43. The molecule has 1 aliphatic rings. The second kappa shape index (κ2) is 6.73. The summed E-state index contributed by atoms with van der Waals surface area (Å²) >= 11 is 0. The van der Waals surface area contributed by atoms with Crippen molar-refractivity contribution in [1.29, 1.82) is 0 Å². The van der Waals surface area contributed by atoms with Crippen molar-refractivity contribution in [1.82, 2.24) is 10.2 Å². The Morgan fingerprint density at radius 1 is 1.37 bits per heavy atom. The Balaban J connectivity index is 3.01. The Hall–Kier alpha value is -1.32. The van der Waals surface area contributed by atoms with Gasteiger partial charge < -0.3 is 10.2 Å². The standard InChI is InChI=1S/C15H26N2O2/c1-6-9-11(5)17-12(8-3)14(18)16-13(15(17)19)10(4)7-2/h6,10-13H,1,7-9H2,2-5H3,(H,16,18). The van der Waals surface area contributed by atoms with Crippen LogP contribution in [0.3, 0.4) is 0 Å². The monoisotopic (exact) mass is 266 g/mol. The molecule has 0 aromatic rings. The zero-order valence-electron chi connectivity index (χ0n) is 12.5. The molecular formula is C15H26N2O2. The van der Waals surface area contributed by atoms with Crippen molar-refractivity contribution in [3.63, 3.8) is 0 Å². The van der Waals surface area contributed by atoms with Crippen LogP contribution >= 0.6 is 0 Å². The SMILES string of the molecule is C=CCC(C)N1C(=O)C(C(C)CC)NC(=O)C1CC. The van der Waals surface area contributed by atoms with Crippen LogP contribution in [0.2, 0.25) is 0 Å². The summed E-state index contributed by atoms with van der Waals surface area (Å²) in [6.45, 7) is 11.7. The van der Waals surface area contributed by atoms with Crippen molar-refractivity contribution in [2.45, 2.75) is 65.1 Å². The number of amides is 2. The Labute approximate surface area is 116 Å². The van der Waals surface area contributed by atoms with Gasteiger partial charge in [0.1, 0.15) is 12.1 Å². The maximum absolute atomic E-state index is 12.6. The summed E-state index contributed by atoms with van der Waals surface area (Å²) < 4.78 is 0. The first-order valence-corrected chi connectivity index (χ1v) is 7.21. The Kier molecular flexibility index (Phi) is 5.58. The highest BCUT2D eigenvalue weighted by molar-refractivity contribution is 5.97. The van der Waals surface area contributed by atoms with Crippen LogP contribution in [0.25, 0.3) is 0 Å². The van der Waals surface area contributed by atoms with Gasteiger partial charge in [-0.05, 0) is 25.7 Å². The second-order valence-electron chi connectivity index (χ2n) is 5.41. The van der Waals surface area contributed by atoms with Crippen molar-refractivity contribution in [3.8, 4) is 0 Å². The molecule has 1 fully saturated rings. The number of hydrogen-bond donors (Lipinski definition) is 1. The largest absolute Gasteiger partial charge is 0.342 e. The van der Waals surface area contributed by atoms with E-state index < -0.39 is 0 Å². The van der Waals surface area contributed by atoms with E-state index in [1.54, 1.807) is 11.0 Å². The highest BCUT2D eigenvalue weighted by Gasteiger charge is 2.42. The molecule has 0 radical (unpaired) electrons. The van der Waals surface area contributed by atoms with Crippen LogP contribution in [0, 0.1) is 5.92 Å². The van der Waals surface area contributed by atoms with E-state index in [1.165, 1.54) is 0 Å². The molecule has 4 unspecified atom stereocenters. The zero-order valence-corrected chi connectivity index (χ0v) is 12.5. The highest BCUT2D eigenvalue weighted by Crippen LogP contribution is 2.22. The number of piperazine rings is 1. The Bertz CT molecular complexity index is 354.